The standard InChI is InChI=1S/C32H34N3O3S/c1-18(2)12-23-14-24(15-26(20(23)4)31(36)37)38-32-34-28-16-25(19(3)13-29(28)35(32)6)27-17-39-30(33-21(27)5)22-10-8-7-9-11-22/h7-11,13-16,19,25H,12,17H2,1-6H3,(H,36,37)/q-1. The van der Waals surface area contributed by atoms with Crippen molar-refractivity contribution in [3.63, 3.8) is 0 Å². The number of nitrogens with zero attached hydrogens (tertiary/aromatic N) is 3. The molecule has 0 amide bonds. The number of carboxylic acids is 1. The van der Waals surface area contributed by atoms with Gasteiger partial charge in [0.25, 0.3) is 0 Å². The van der Waals surface area contributed by atoms with Gasteiger partial charge in [0.15, 0.2) is 0 Å². The summed E-state index contributed by atoms with van der Waals surface area (Å²) < 4.78 is 8.17. The molecule has 202 valence electrons. The van der Waals surface area contributed by atoms with E-state index in [2.05, 4.69) is 38.1 Å². The van der Waals surface area contributed by atoms with Gasteiger partial charge in [0.05, 0.1) is 16.3 Å². The van der Waals surface area contributed by atoms with E-state index in [4.69, 9.17) is 14.7 Å². The number of allylic oxidation sites excluding steroid dienone is 1. The number of imidazole rings is 1. The van der Waals surface area contributed by atoms with Crippen LogP contribution in [-0.2, 0) is 13.5 Å². The number of aromatic carboxylic acids is 1. The molecule has 2 unspecified atom stereocenters. The van der Waals surface area contributed by atoms with Gasteiger partial charge in [0.2, 0.25) is 0 Å². The summed E-state index contributed by atoms with van der Waals surface area (Å²) in [6.07, 6.45) is 5.18. The predicted octanol–water partition coefficient (Wildman–Crippen LogP) is 5.67. The zero-order valence-electron chi connectivity index (χ0n) is 23.3. The first-order valence-corrected chi connectivity index (χ1v) is 14.2. The molecule has 0 saturated heterocycles. The molecule has 6 nitrogen and oxygen atoms in total. The van der Waals surface area contributed by atoms with Gasteiger partial charge < -0.3 is 15.8 Å². The lowest BCUT2D eigenvalue weighted by Gasteiger charge is -2.27. The van der Waals surface area contributed by atoms with Gasteiger partial charge in [-0.2, -0.15) is 25.3 Å². The number of fused-ring (bicyclic) bond motifs is 1. The lowest BCUT2D eigenvalue weighted by atomic mass is 9.84. The van der Waals surface area contributed by atoms with Crippen molar-refractivity contribution in [2.24, 2.45) is 23.9 Å². The maximum atomic E-state index is 11.9. The number of ether oxygens (including phenoxy) is 1. The highest BCUT2D eigenvalue weighted by Gasteiger charge is 2.27. The predicted molar refractivity (Wildman–Crippen MR) is 159 cm³/mol. The van der Waals surface area contributed by atoms with Crippen LogP contribution < -0.4 is 15.4 Å². The lowest BCUT2D eigenvalue weighted by molar-refractivity contribution is 0.0695. The van der Waals surface area contributed by atoms with Gasteiger partial charge in [-0.1, -0.05) is 48.9 Å². The van der Waals surface area contributed by atoms with Gasteiger partial charge in [-0.05, 0) is 49.1 Å². The SMILES string of the molecule is CC1=C(C2C=c3nc(Oc4cc(C[C-](C)C)c(C)c(C(=O)O)c4)n(C)c3=CC2C)CSC(c2ccccc2)=N1. The first kappa shape index (κ1) is 27.0. The summed E-state index contributed by atoms with van der Waals surface area (Å²) in [5.41, 5.74) is 5.51. The van der Waals surface area contributed by atoms with Crippen LogP contribution >= 0.6 is 11.8 Å². The summed E-state index contributed by atoms with van der Waals surface area (Å²) in [6, 6.07) is 14.3. The van der Waals surface area contributed by atoms with E-state index in [1.54, 1.807) is 17.8 Å². The van der Waals surface area contributed by atoms with E-state index in [1.165, 1.54) is 11.5 Å². The molecule has 39 heavy (non-hydrogen) atoms. The monoisotopic (exact) mass is 540 g/mol. The van der Waals surface area contributed by atoms with Crippen molar-refractivity contribution in [2.75, 3.05) is 5.75 Å². The van der Waals surface area contributed by atoms with Crippen LogP contribution in [-0.4, -0.2) is 31.4 Å². The molecule has 5 rings (SSSR count). The van der Waals surface area contributed by atoms with Crippen molar-refractivity contribution < 1.29 is 14.6 Å². The highest BCUT2D eigenvalue weighted by Crippen LogP contribution is 2.35. The van der Waals surface area contributed by atoms with Crippen LogP contribution in [0.3, 0.4) is 0 Å². The topological polar surface area (TPSA) is 76.7 Å². The third kappa shape index (κ3) is 5.46. The number of carboxylic acid groups (broad SMARTS) is 1. The fraction of sp³-hybridized carbons (Fsp3) is 0.312. The van der Waals surface area contributed by atoms with Gasteiger partial charge in [-0.3, -0.25) is 4.57 Å². The Labute approximate surface area is 233 Å². The fourth-order valence-corrected chi connectivity index (χ4v) is 6.48. The van der Waals surface area contributed by atoms with Crippen LogP contribution in [0.2, 0.25) is 0 Å². The van der Waals surface area contributed by atoms with Crippen molar-refractivity contribution in [1.29, 1.82) is 0 Å². The summed E-state index contributed by atoms with van der Waals surface area (Å²) in [7, 11) is 1.94. The van der Waals surface area contributed by atoms with Gasteiger partial charge in [0.1, 0.15) is 10.8 Å². The Morgan fingerprint density at radius 1 is 1.18 bits per heavy atom. The van der Waals surface area contributed by atoms with Crippen LogP contribution in [0.4, 0.5) is 0 Å². The second kappa shape index (κ2) is 10.9. The van der Waals surface area contributed by atoms with Gasteiger partial charge in [-0.25, -0.2) is 9.79 Å². The van der Waals surface area contributed by atoms with Crippen LogP contribution in [0.25, 0.3) is 12.2 Å². The Morgan fingerprint density at radius 2 is 1.92 bits per heavy atom. The molecule has 0 radical (unpaired) electrons. The average Bonchev–Trinajstić information content (AvgIpc) is 3.19. The normalized spacial score (nSPS) is 18.8. The van der Waals surface area contributed by atoms with E-state index in [1.807, 2.05) is 56.7 Å². The van der Waals surface area contributed by atoms with E-state index in [-0.39, 0.29) is 17.4 Å². The zero-order chi connectivity index (χ0) is 27.8. The molecular formula is C32H34N3O3S-. The van der Waals surface area contributed by atoms with Crippen LogP contribution in [0.1, 0.15) is 54.7 Å². The maximum absolute atomic E-state index is 11.9. The third-order valence-electron chi connectivity index (χ3n) is 7.45. The third-order valence-corrected chi connectivity index (χ3v) is 8.50. The smallest absolute Gasteiger partial charge is 0.336 e. The van der Waals surface area contributed by atoms with E-state index in [9.17, 15) is 9.90 Å². The average molecular weight is 541 g/mol. The molecule has 2 atom stereocenters. The Kier molecular flexibility index (Phi) is 7.54. The molecule has 7 heteroatoms. The molecule has 0 bridgehead atoms. The number of hydrogen-bond acceptors (Lipinski definition) is 5. The minimum absolute atomic E-state index is 0.196. The van der Waals surface area contributed by atoms with Crippen molar-refractivity contribution in [3.05, 3.63) is 92.6 Å². The number of hydrogen-bond donors (Lipinski definition) is 1. The molecule has 1 aliphatic heterocycles. The van der Waals surface area contributed by atoms with Crippen LogP contribution in [0, 0.1) is 24.7 Å². The molecule has 3 aromatic rings. The second-order valence-corrected chi connectivity index (χ2v) is 11.6. The molecule has 2 aromatic carbocycles. The molecule has 0 fully saturated rings. The van der Waals surface area contributed by atoms with Gasteiger partial charge >= 0.3 is 12.0 Å². The quantitative estimate of drug-likeness (QED) is 0.391. The van der Waals surface area contributed by atoms with Crippen molar-refractivity contribution >= 4 is 34.9 Å². The number of benzene rings is 2. The number of carbonyl (C=O) groups is 1. The van der Waals surface area contributed by atoms with Crippen LogP contribution in [0.15, 0.2) is 58.7 Å². The van der Waals surface area contributed by atoms with Gasteiger partial charge in [0, 0.05) is 30.0 Å². The van der Waals surface area contributed by atoms with E-state index in [0.29, 0.717) is 18.2 Å². The molecule has 1 aliphatic carbocycles. The highest BCUT2D eigenvalue weighted by atomic mass is 32.2. The first-order chi connectivity index (χ1) is 18.6. The van der Waals surface area contributed by atoms with Crippen molar-refractivity contribution in [2.45, 2.75) is 41.0 Å². The number of aliphatic imine (C=N–C) groups is 1. The summed E-state index contributed by atoms with van der Waals surface area (Å²) in [6.45, 7) is 10.3. The number of rotatable bonds is 7. The van der Waals surface area contributed by atoms with Crippen molar-refractivity contribution in [3.8, 4) is 11.8 Å². The molecular weight excluding hydrogens is 506 g/mol. The molecule has 0 saturated carbocycles. The Balaban J connectivity index is 1.49. The van der Waals surface area contributed by atoms with E-state index < -0.39 is 5.97 Å². The van der Waals surface area contributed by atoms with Crippen molar-refractivity contribution in [1.82, 2.24) is 9.55 Å². The molecule has 1 aromatic heterocycles. The van der Waals surface area contributed by atoms with Gasteiger partial charge in [-0.15, -0.1) is 11.8 Å². The molecule has 2 aliphatic rings. The lowest BCUT2D eigenvalue weighted by Crippen LogP contribution is -2.36. The molecule has 1 N–H and O–H groups in total. The minimum atomic E-state index is -0.961. The number of aromatic nitrogens is 2. The zero-order valence-corrected chi connectivity index (χ0v) is 24.1. The molecule has 0 spiro atoms. The number of thioether (sulfide) groups is 1. The summed E-state index contributed by atoms with van der Waals surface area (Å²) >= 11 is 1.78. The maximum Gasteiger partial charge on any atom is 0.336 e. The fourth-order valence-electron chi connectivity index (χ4n) is 5.28. The largest absolute Gasteiger partial charge is 0.478 e. The second-order valence-electron chi connectivity index (χ2n) is 10.7. The van der Waals surface area contributed by atoms with Crippen LogP contribution in [0.5, 0.6) is 11.8 Å². The Bertz CT molecular complexity index is 1620. The molecule has 2 heterocycles. The highest BCUT2D eigenvalue weighted by molar-refractivity contribution is 8.14. The minimum Gasteiger partial charge on any atom is -0.478 e. The Morgan fingerprint density at radius 3 is 2.59 bits per heavy atom. The summed E-state index contributed by atoms with van der Waals surface area (Å²) in [5.74, 6) is 2.08. The summed E-state index contributed by atoms with van der Waals surface area (Å²) in [5, 5.41) is 12.7. The Hall–Kier alpha value is -3.58. The first-order valence-electron chi connectivity index (χ1n) is 13.2. The van der Waals surface area contributed by atoms with E-state index >= 15 is 0 Å². The summed E-state index contributed by atoms with van der Waals surface area (Å²) in [4.78, 5) is 21.7. The van der Waals surface area contributed by atoms with E-state index in [0.717, 1.165) is 43.9 Å².